The predicted octanol–water partition coefficient (Wildman–Crippen LogP) is 2.58. The average Bonchev–Trinajstić information content (AvgIpc) is 3.09. The van der Waals surface area contributed by atoms with Crippen LogP contribution in [0.4, 0.5) is 23.7 Å². The van der Waals surface area contributed by atoms with E-state index < -0.39 is 30.8 Å². The van der Waals surface area contributed by atoms with Crippen LogP contribution in [-0.2, 0) is 0 Å². The minimum Gasteiger partial charge on any atom is -0.477 e. The van der Waals surface area contributed by atoms with Crippen molar-refractivity contribution in [3.63, 3.8) is 0 Å². The van der Waals surface area contributed by atoms with Crippen molar-refractivity contribution >= 4 is 17.7 Å². The number of carbonyl (C=O) groups excluding carboxylic acids is 1. The lowest BCUT2D eigenvalue weighted by atomic mass is 10.3. The zero-order valence-corrected chi connectivity index (χ0v) is 11.1. The first-order valence-electron chi connectivity index (χ1n) is 6.24. The van der Waals surface area contributed by atoms with Gasteiger partial charge in [0.15, 0.2) is 0 Å². The van der Waals surface area contributed by atoms with Gasteiger partial charge in [-0.2, -0.15) is 13.2 Å². The fourth-order valence-electron chi connectivity index (χ4n) is 1.99. The lowest BCUT2D eigenvalue weighted by Crippen LogP contribution is -2.43. The summed E-state index contributed by atoms with van der Waals surface area (Å²) in [6.07, 6.45) is -3.47. The van der Waals surface area contributed by atoms with E-state index in [1.165, 1.54) is 6.07 Å². The monoisotopic (exact) mass is 305 g/mol. The van der Waals surface area contributed by atoms with E-state index in [4.69, 9.17) is 5.11 Å². The molecule has 1 saturated carbocycles. The molecule has 0 spiro atoms. The van der Waals surface area contributed by atoms with Gasteiger partial charge in [-0.05, 0) is 25.8 Å². The molecule has 9 heteroatoms. The molecule has 0 bridgehead atoms. The summed E-state index contributed by atoms with van der Waals surface area (Å²) in [6, 6.07) is -0.0312. The Labute approximate surface area is 117 Å². The Kier molecular flexibility index (Phi) is 3.84. The number of aromatic carboxylic acids is 1. The molecule has 1 aliphatic carbocycles. The van der Waals surface area contributed by atoms with Gasteiger partial charge in [-0.3, -0.25) is 0 Å². The van der Waals surface area contributed by atoms with Crippen molar-refractivity contribution in [2.24, 2.45) is 0 Å². The van der Waals surface area contributed by atoms with Crippen LogP contribution in [0, 0.1) is 6.92 Å². The van der Waals surface area contributed by atoms with Gasteiger partial charge in [0.05, 0.1) is 5.69 Å². The third-order valence-electron chi connectivity index (χ3n) is 3.01. The van der Waals surface area contributed by atoms with Crippen molar-refractivity contribution < 1.29 is 27.9 Å². The minimum absolute atomic E-state index is 0.0437. The molecule has 1 aliphatic rings. The lowest BCUT2D eigenvalue weighted by Gasteiger charge is -2.23. The Balaban J connectivity index is 2.14. The number of nitrogens with one attached hydrogen (secondary N) is 2. The molecule has 2 amide bonds. The molecule has 6 nitrogen and oxygen atoms in total. The summed E-state index contributed by atoms with van der Waals surface area (Å²) < 4.78 is 37.4. The number of aromatic nitrogens is 1. The second kappa shape index (κ2) is 5.30. The minimum atomic E-state index is -4.50. The number of hydrogen-bond acceptors (Lipinski definition) is 2. The molecule has 1 aromatic rings. The van der Waals surface area contributed by atoms with Crippen LogP contribution in [-0.4, -0.2) is 45.8 Å². The van der Waals surface area contributed by atoms with E-state index in [1.807, 2.05) is 0 Å². The SMILES string of the molecule is Cc1cc(NC(=O)N(CC(F)(F)F)C2CC2)c(C(=O)O)[nH]1. The normalized spacial score (nSPS) is 14.9. The van der Waals surface area contributed by atoms with Gasteiger partial charge in [-0.15, -0.1) is 0 Å². The van der Waals surface area contributed by atoms with Gasteiger partial charge < -0.3 is 20.3 Å². The number of aryl methyl sites for hydroxylation is 1. The lowest BCUT2D eigenvalue weighted by molar-refractivity contribution is -0.140. The van der Waals surface area contributed by atoms with Gasteiger partial charge in [0.25, 0.3) is 0 Å². The second-order valence-corrected chi connectivity index (χ2v) is 4.95. The molecule has 3 N–H and O–H groups in total. The van der Waals surface area contributed by atoms with Gasteiger partial charge in [-0.1, -0.05) is 0 Å². The van der Waals surface area contributed by atoms with Crippen LogP contribution < -0.4 is 5.32 Å². The highest BCUT2D eigenvalue weighted by molar-refractivity contribution is 5.99. The molecular formula is C12H14F3N3O3. The van der Waals surface area contributed by atoms with Crippen molar-refractivity contribution in [2.45, 2.75) is 32.0 Å². The quantitative estimate of drug-likeness (QED) is 0.799. The summed E-state index contributed by atoms with van der Waals surface area (Å²) >= 11 is 0. The van der Waals surface area contributed by atoms with E-state index >= 15 is 0 Å². The number of aromatic amines is 1. The Morgan fingerprint density at radius 1 is 1.48 bits per heavy atom. The molecule has 1 heterocycles. The number of amides is 2. The number of alkyl halides is 3. The number of anilines is 1. The highest BCUT2D eigenvalue weighted by Gasteiger charge is 2.41. The molecule has 0 aromatic carbocycles. The molecule has 0 saturated heterocycles. The number of urea groups is 1. The van der Waals surface area contributed by atoms with Crippen molar-refractivity contribution in [1.29, 1.82) is 0 Å². The number of carbonyl (C=O) groups is 2. The highest BCUT2D eigenvalue weighted by Crippen LogP contribution is 2.31. The van der Waals surface area contributed by atoms with E-state index in [2.05, 4.69) is 10.3 Å². The maximum absolute atomic E-state index is 12.5. The van der Waals surface area contributed by atoms with Crippen LogP contribution in [0.25, 0.3) is 0 Å². The average molecular weight is 305 g/mol. The second-order valence-electron chi connectivity index (χ2n) is 4.95. The third-order valence-corrected chi connectivity index (χ3v) is 3.01. The van der Waals surface area contributed by atoms with Crippen molar-refractivity contribution in [2.75, 3.05) is 11.9 Å². The first-order valence-corrected chi connectivity index (χ1v) is 6.24. The van der Waals surface area contributed by atoms with E-state index in [0.717, 1.165) is 0 Å². The zero-order valence-electron chi connectivity index (χ0n) is 11.1. The topological polar surface area (TPSA) is 85.4 Å². The number of halogens is 3. The van der Waals surface area contributed by atoms with Crippen LogP contribution >= 0.6 is 0 Å². The maximum atomic E-state index is 12.5. The van der Waals surface area contributed by atoms with Crippen LogP contribution in [0.3, 0.4) is 0 Å². The summed E-state index contributed by atoms with van der Waals surface area (Å²) in [6.45, 7) is 0.228. The highest BCUT2D eigenvalue weighted by atomic mass is 19.4. The largest absolute Gasteiger partial charge is 0.477 e. The zero-order chi connectivity index (χ0) is 15.8. The first-order chi connectivity index (χ1) is 9.67. The number of rotatable bonds is 4. The number of carboxylic acid groups (broad SMARTS) is 1. The van der Waals surface area contributed by atoms with Gasteiger partial charge in [-0.25, -0.2) is 9.59 Å². The predicted molar refractivity (Wildman–Crippen MR) is 67.3 cm³/mol. The van der Waals surface area contributed by atoms with Crippen molar-refractivity contribution in [3.05, 3.63) is 17.5 Å². The summed E-state index contributed by atoms with van der Waals surface area (Å²) in [5.41, 5.74) is 0.179. The van der Waals surface area contributed by atoms with Crippen LogP contribution in [0.5, 0.6) is 0 Å². The molecule has 21 heavy (non-hydrogen) atoms. The van der Waals surface area contributed by atoms with Gasteiger partial charge in [0.1, 0.15) is 12.2 Å². The summed E-state index contributed by atoms with van der Waals surface area (Å²) in [7, 11) is 0. The van der Waals surface area contributed by atoms with Crippen molar-refractivity contribution in [1.82, 2.24) is 9.88 Å². The Bertz CT molecular complexity index is 564. The van der Waals surface area contributed by atoms with Crippen molar-refractivity contribution in [3.8, 4) is 0 Å². The molecule has 0 atom stereocenters. The third kappa shape index (κ3) is 3.89. The van der Waals surface area contributed by atoms with E-state index in [1.54, 1.807) is 6.92 Å². The maximum Gasteiger partial charge on any atom is 0.406 e. The fourth-order valence-corrected chi connectivity index (χ4v) is 1.99. The first kappa shape index (κ1) is 15.2. The van der Waals surface area contributed by atoms with Gasteiger partial charge in [0, 0.05) is 11.7 Å². The Morgan fingerprint density at radius 2 is 2.10 bits per heavy atom. The summed E-state index contributed by atoms with van der Waals surface area (Å²) in [5.74, 6) is -1.30. The summed E-state index contributed by atoms with van der Waals surface area (Å²) in [4.78, 5) is 26.2. The Morgan fingerprint density at radius 3 is 2.57 bits per heavy atom. The number of hydrogen-bond donors (Lipinski definition) is 3. The van der Waals surface area contributed by atoms with Gasteiger partial charge in [0.2, 0.25) is 0 Å². The van der Waals surface area contributed by atoms with Crippen LogP contribution in [0.15, 0.2) is 6.07 Å². The molecule has 1 fully saturated rings. The van der Waals surface area contributed by atoms with Crippen LogP contribution in [0.1, 0.15) is 29.0 Å². The molecule has 0 unspecified atom stereocenters. The summed E-state index contributed by atoms with van der Waals surface area (Å²) in [5, 5.41) is 11.2. The smallest absolute Gasteiger partial charge is 0.406 e. The molecule has 1 aromatic heterocycles. The van der Waals surface area contributed by atoms with E-state index in [-0.39, 0.29) is 11.4 Å². The number of H-pyrrole nitrogens is 1. The Hall–Kier alpha value is -2.19. The molecule has 0 radical (unpaired) electrons. The molecular weight excluding hydrogens is 291 g/mol. The standard InChI is InChI=1S/C12H14F3N3O3/c1-6-4-8(9(16-6)10(19)20)17-11(21)18(7-2-3-7)5-12(13,14)15/h4,7,16H,2-3,5H2,1H3,(H,17,21)(H,19,20). The molecule has 2 rings (SSSR count). The number of nitrogens with zero attached hydrogens (tertiary/aromatic N) is 1. The van der Waals surface area contributed by atoms with E-state index in [0.29, 0.717) is 23.4 Å². The van der Waals surface area contributed by atoms with Crippen LogP contribution in [0.2, 0.25) is 0 Å². The fraction of sp³-hybridized carbons (Fsp3) is 0.500. The number of carboxylic acids is 1. The van der Waals surface area contributed by atoms with E-state index in [9.17, 15) is 22.8 Å². The van der Waals surface area contributed by atoms with Gasteiger partial charge >= 0.3 is 18.2 Å². The molecule has 116 valence electrons. The molecule has 0 aliphatic heterocycles.